The first-order valence-corrected chi connectivity index (χ1v) is 7.77. The number of anilines is 1. The largest absolute Gasteiger partial charge is 0.331 e. The van der Waals surface area contributed by atoms with Crippen molar-refractivity contribution in [1.29, 1.82) is 0 Å². The lowest BCUT2D eigenvalue weighted by Crippen LogP contribution is -2.24. The molecule has 8 heteroatoms. The molecule has 0 amide bonds. The van der Waals surface area contributed by atoms with Crippen LogP contribution in [0.15, 0.2) is 41.5 Å². The van der Waals surface area contributed by atoms with E-state index in [2.05, 4.69) is 15.8 Å². The maximum Gasteiger partial charge on any atom is 0.288 e. The molecule has 0 atom stereocenters. The third-order valence-corrected chi connectivity index (χ3v) is 3.91. The minimum absolute atomic E-state index is 0.0808. The zero-order chi connectivity index (χ0) is 17.7. The molecule has 0 fully saturated rings. The number of thiocarbonyl (C=S) groups is 1. The average molecular weight is 363 g/mol. The quantitative estimate of drug-likeness (QED) is 0.369. The van der Waals surface area contributed by atoms with Gasteiger partial charge in [-0.1, -0.05) is 29.8 Å². The van der Waals surface area contributed by atoms with E-state index in [1.807, 2.05) is 32.0 Å². The Kier molecular flexibility index (Phi) is 5.83. The summed E-state index contributed by atoms with van der Waals surface area (Å²) >= 11 is 10.9. The Bertz CT molecular complexity index is 824. The first-order chi connectivity index (χ1) is 11.4. The summed E-state index contributed by atoms with van der Waals surface area (Å²) in [5, 5.41) is 18.3. The number of hydrazone groups is 1. The molecular formula is C16H15ClN4O2S. The molecular weight excluding hydrogens is 348 g/mol. The molecule has 2 rings (SSSR count). The van der Waals surface area contributed by atoms with Crippen molar-refractivity contribution >= 4 is 46.5 Å². The van der Waals surface area contributed by atoms with Crippen LogP contribution in [-0.2, 0) is 0 Å². The summed E-state index contributed by atoms with van der Waals surface area (Å²) in [6.07, 6.45) is 1.43. The van der Waals surface area contributed by atoms with Crippen LogP contribution in [0.25, 0.3) is 0 Å². The minimum Gasteiger partial charge on any atom is -0.331 e. The van der Waals surface area contributed by atoms with Gasteiger partial charge in [0.1, 0.15) is 5.02 Å². The predicted molar refractivity (Wildman–Crippen MR) is 101 cm³/mol. The smallest absolute Gasteiger partial charge is 0.288 e. The second-order valence-electron chi connectivity index (χ2n) is 5.04. The normalized spacial score (nSPS) is 10.6. The molecule has 0 bridgehead atoms. The van der Waals surface area contributed by atoms with Crippen LogP contribution in [0.4, 0.5) is 11.4 Å². The molecule has 0 aliphatic carbocycles. The number of rotatable bonds is 4. The Morgan fingerprint density at radius 1 is 1.33 bits per heavy atom. The molecule has 0 saturated heterocycles. The van der Waals surface area contributed by atoms with Crippen LogP contribution < -0.4 is 10.7 Å². The van der Waals surface area contributed by atoms with Crippen molar-refractivity contribution in [3.8, 4) is 0 Å². The van der Waals surface area contributed by atoms with Crippen molar-refractivity contribution in [3.05, 3.63) is 68.2 Å². The predicted octanol–water partition coefficient (Wildman–Crippen LogP) is 4.19. The fraction of sp³-hybridized carbons (Fsp3) is 0.125. The molecule has 2 aromatic carbocycles. The van der Waals surface area contributed by atoms with Crippen LogP contribution in [0.5, 0.6) is 0 Å². The van der Waals surface area contributed by atoms with E-state index in [9.17, 15) is 10.1 Å². The van der Waals surface area contributed by atoms with Gasteiger partial charge in [-0.3, -0.25) is 15.5 Å². The number of halogens is 1. The molecule has 0 aromatic heterocycles. The van der Waals surface area contributed by atoms with E-state index in [1.165, 1.54) is 18.3 Å². The number of hydrogen-bond acceptors (Lipinski definition) is 4. The SMILES string of the molecule is Cc1cccc(NC(=S)NN=Cc2ccc(Cl)c([N+](=O)[O-])c2)c1C. The first-order valence-electron chi connectivity index (χ1n) is 6.98. The van der Waals surface area contributed by atoms with E-state index in [1.54, 1.807) is 6.07 Å². The van der Waals surface area contributed by atoms with Crippen LogP contribution in [0.1, 0.15) is 16.7 Å². The number of benzene rings is 2. The summed E-state index contributed by atoms with van der Waals surface area (Å²) in [4.78, 5) is 10.3. The zero-order valence-corrected chi connectivity index (χ0v) is 14.6. The molecule has 0 spiro atoms. The first kappa shape index (κ1) is 17.8. The van der Waals surface area contributed by atoms with Gasteiger partial charge in [0.05, 0.1) is 11.1 Å². The highest BCUT2D eigenvalue weighted by molar-refractivity contribution is 7.80. The van der Waals surface area contributed by atoms with Crippen molar-refractivity contribution in [2.75, 3.05) is 5.32 Å². The zero-order valence-electron chi connectivity index (χ0n) is 13.0. The topological polar surface area (TPSA) is 79.6 Å². The maximum atomic E-state index is 10.8. The lowest BCUT2D eigenvalue weighted by atomic mass is 10.1. The second kappa shape index (κ2) is 7.85. The van der Waals surface area contributed by atoms with Gasteiger partial charge in [0.2, 0.25) is 0 Å². The second-order valence-corrected chi connectivity index (χ2v) is 5.86. The van der Waals surface area contributed by atoms with Gasteiger partial charge < -0.3 is 5.32 Å². The standard InChI is InChI=1S/C16H15ClN4O2S/c1-10-4-3-5-14(11(10)2)19-16(24)20-18-9-12-6-7-13(17)15(8-12)21(22)23/h3-9H,1-2H3,(H2,19,20,24). The summed E-state index contributed by atoms with van der Waals surface area (Å²) in [7, 11) is 0. The number of aryl methyl sites for hydroxylation is 1. The molecule has 0 saturated carbocycles. The third kappa shape index (κ3) is 4.50. The highest BCUT2D eigenvalue weighted by atomic mass is 35.5. The average Bonchev–Trinajstić information content (AvgIpc) is 2.53. The molecule has 0 aliphatic rings. The van der Waals surface area contributed by atoms with Crippen molar-refractivity contribution in [2.24, 2.45) is 5.10 Å². The van der Waals surface area contributed by atoms with E-state index in [0.717, 1.165) is 16.8 Å². The molecule has 0 unspecified atom stereocenters. The van der Waals surface area contributed by atoms with Crippen LogP contribution in [0.3, 0.4) is 0 Å². The minimum atomic E-state index is -0.542. The lowest BCUT2D eigenvalue weighted by molar-refractivity contribution is -0.384. The Balaban J connectivity index is 2.01. The van der Waals surface area contributed by atoms with Crippen molar-refractivity contribution in [1.82, 2.24) is 5.43 Å². The number of nitro benzene ring substituents is 1. The van der Waals surface area contributed by atoms with E-state index in [4.69, 9.17) is 23.8 Å². The Morgan fingerprint density at radius 2 is 2.08 bits per heavy atom. The van der Waals surface area contributed by atoms with Crippen LogP contribution in [-0.4, -0.2) is 16.3 Å². The van der Waals surface area contributed by atoms with Crippen LogP contribution in [0, 0.1) is 24.0 Å². The van der Waals surface area contributed by atoms with Gasteiger partial charge in [-0.25, -0.2) is 0 Å². The van der Waals surface area contributed by atoms with Gasteiger partial charge in [0.25, 0.3) is 5.69 Å². The van der Waals surface area contributed by atoms with E-state index in [-0.39, 0.29) is 10.7 Å². The highest BCUT2D eigenvalue weighted by Gasteiger charge is 2.11. The van der Waals surface area contributed by atoms with Crippen LogP contribution in [0.2, 0.25) is 5.02 Å². The van der Waals surface area contributed by atoms with Gasteiger partial charge in [0.15, 0.2) is 5.11 Å². The van der Waals surface area contributed by atoms with Crippen molar-refractivity contribution in [3.63, 3.8) is 0 Å². The summed E-state index contributed by atoms with van der Waals surface area (Å²) in [5.41, 5.74) is 6.18. The number of nitrogens with zero attached hydrogens (tertiary/aromatic N) is 2. The summed E-state index contributed by atoms with van der Waals surface area (Å²) in [6.45, 7) is 4.01. The molecule has 6 nitrogen and oxygen atoms in total. The molecule has 0 radical (unpaired) electrons. The van der Waals surface area contributed by atoms with Gasteiger partial charge in [-0.2, -0.15) is 5.10 Å². The number of hydrogen-bond donors (Lipinski definition) is 2. The van der Waals surface area contributed by atoms with E-state index in [0.29, 0.717) is 10.7 Å². The monoisotopic (exact) mass is 362 g/mol. The Labute approximate surface area is 149 Å². The van der Waals surface area contributed by atoms with Crippen molar-refractivity contribution in [2.45, 2.75) is 13.8 Å². The molecule has 0 heterocycles. The molecule has 124 valence electrons. The Morgan fingerprint density at radius 3 is 2.79 bits per heavy atom. The molecule has 24 heavy (non-hydrogen) atoms. The van der Waals surface area contributed by atoms with Gasteiger partial charge >= 0.3 is 0 Å². The Hall–Kier alpha value is -2.51. The highest BCUT2D eigenvalue weighted by Crippen LogP contribution is 2.24. The van der Waals surface area contributed by atoms with Gasteiger partial charge in [0, 0.05) is 17.3 Å². The van der Waals surface area contributed by atoms with Gasteiger partial charge in [-0.05, 0) is 49.3 Å². The maximum absolute atomic E-state index is 10.8. The number of nitrogens with one attached hydrogen (secondary N) is 2. The van der Waals surface area contributed by atoms with Crippen LogP contribution >= 0.6 is 23.8 Å². The molecule has 0 aliphatic heterocycles. The summed E-state index contributed by atoms with van der Waals surface area (Å²) in [6, 6.07) is 10.3. The lowest BCUT2D eigenvalue weighted by Gasteiger charge is -2.11. The van der Waals surface area contributed by atoms with E-state index >= 15 is 0 Å². The third-order valence-electron chi connectivity index (χ3n) is 3.40. The summed E-state index contributed by atoms with van der Waals surface area (Å²) in [5.74, 6) is 0. The fourth-order valence-electron chi connectivity index (χ4n) is 1.95. The van der Waals surface area contributed by atoms with Crippen molar-refractivity contribution < 1.29 is 4.92 Å². The molecule has 2 aromatic rings. The summed E-state index contributed by atoms with van der Waals surface area (Å²) < 4.78 is 0. The van der Waals surface area contributed by atoms with Gasteiger partial charge in [-0.15, -0.1) is 0 Å². The molecule has 2 N–H and O–H groups in total. The fourth-order valence-corrected chi connectivity index (χ4v) is 2.30. The van der Waals surface area contributed by atoms with E-state index < -0.39 is 4.92 Å². The number of nitro groups is 1.